The number of nitrogens with zero attached hydrogens (tertiary/aromatic N) is 6. The second kappa shape index (κ2) is 12.7. The number of pyridine rings is 1. The molecule has 0 spiro atoms. The summed E-state index contributed by atoms with van der Waals surface area (Å²) in [6.07, 6.45) is 1.79. The smallest absolute Gasteiger partial charge is 0.177 e. The van der Waals surface area contributed by atoms with Crippen LogP contribution in [-0.2, 0) is 0 Å². The topological polar surface area (TPSA) is 60.3 Å². The first-order valence-electron chi connectivity index (χ1n) is 16.8. The molecule has 6 heteroatoms. The molecule has 9 rings (SSSR count). The summed E-state index contributed by atoms with van der Waals surface area (Å²) in [5, 5.41) is 5.32. The Balaban J connectivity index is 1.26. The van der Waals surface area contributed by atoms with Gasteiger partial charge in [0.25, 0.3) is 0 Å². The number of aromatic nitrogens is 4. The van der Waals surface area contributed by atoms with Gasteiger partial charge in [-0.1, -0.05) is 127 Å². The molecule has 240 valence electrons. The molecule has 6 nitrogen and oxygen atoms in total. The van der Waals surface area contributed by atoms with Crippen molar-refractivity contribution < 1.29 is 0 Å². The lowest BCUT2D eigenvalue weighted by atomic mass is 9.88. The van der Waals surface area contributed by atoms with Crippen LogP contribution in [0.2, 0.25) is 0 Å². The van der Waals surface area contributed by atoms with Crippen LogP contribution >= 0.6 is 0 Å². The Kier molecular flexibility index (Phi) is 7.47. The molecule has 0 amide bonds. The Hall–Kier alpha value is -7.54. The minimum Gasteiger partial charge on any atom is -0.256 e. The summed E-state index contributed by atoms with van der Waals surface area (Å²) in [4.78, 5) is 27.0. The molecule has 0 N–H and O–H groups in total. The normalized spacial score (nSPS) is 11.0. The molecule has 0 unspecified atom stereocenters. The SMILES string of the molecule is [C-]#[N+]c1cc([N+]#[C-])cc(-c2cc3c4ccccc4c(-c4cccc(-c5nc(-c6ccccc6)nc(-c6ccccc6)n5)c4)cc3c3cccnc23)c1. The fourth-order valence-corrected chi connectivity index (χ4v) is 6.93. The number of hydrogen-bond acceptors (Lipinski definition) is 4. The third-order valence-corrected chi connectivity index (χ3v) is 9.33. The van der Waals surface area contributed by atoms with Crippen molar-refractivity contribution in [2.75, 3.05) is 0 Å². The first-order valence-corrected chi connectivity index (χ1v) is 16.8. The Bertz CT molecular complexity index is 2830. The van der Waals surface area contributed by atoms with Crippen molar-refractivity contribution in [2.45, 2.75) is 0 Å². The maximum atomic E-state index is 7.65. The Morgan fingerprint density at radius 1 is 0.365 bits per heavy atom. The van der Waals surface area contributed by atoms with E-state index in [2.05, 4.69) is 70.4 Å². The van der Waals surface area contributed by atoms with Crippen molar-refractivity contribution >= 4 is 43.8 Å². The molecule has 0 radical (unpaired) electrons. The molecule has 0 bridgehead atoms. The summed E-state index contributed by atoms with van der Waals surface area (Å²) in [6, 6.07) is 50.6. The summed E-state index contributed by atoms with van der Waals surface area (Å²) in [6.45, 7) is 15.3. The molecule has 2 aromatic heterocycles. The van der Waals surface area contributed by atoms with Gasteiger partial charge >= 0.3 is 0 Å². The van der Waals surface area contributed by atoms with E-state index in [-0.39, 0.29) is 0 Å². The van der Waals surface area contributed by atoms with E-state index >= 15 is 0 Å². The van der Waals surface area contributed by atoms with Crippen LogP contribution in [0.3, 0.4) is 0 Å². The second-order valence-electron chi connectivity index (χ2n) is 12.5. The Labute approximate surface area is 300 Å². The van der Waals surface area contributed by atoms with Gasteiger partial charge in [0.05, 0.1) is 18.7 Å². The van der Waals surface area contributed by atoms with Crippen molar-refractivity contribution in [3.8, 4) is 56.4 Å². The highest BCUT2D eigenvalue weighted by atomic mass is 15.0. The van der Waals surface area contributed by atoms with E-state index < -0.39 is 0 Å². The van der Waals surface area contributed by atoms with E-state index in [0.29, 0.717) is 28.8 Å². The van der Waals surface area contributed by atoms with Crippen LogP contribution in [0.4, 0.5) is 11.4 Å². The molecule has 0 saturated heterocycles. The van der Waals surface area contributed by atoms with Crippen molar-refractivity contribution in [3.63, 3.8) is 0 Å². The van der Waals surface area contributed by atoms with Gasteiger partial charge in [0.2, 0.25) is 0 Å². The van der Waals surface area contributed by atoms with Gasteiger partial charge in [-0.3, -0.25) is 4.98 Å². The van der Waals surface area contributed by atoms with E-state index in [4.69, 9.17) is 33.1 Å². The van der Waals surface area contributed by atoms with Crippen molar-refractivity contribution in [2.24, 2.45) is 0 Å². The summed E-state index contributed by atoms with van der Waals surface area (Å²) >= 11 is 0. The molecule has 0 saturated carbocycles. The van der Waals surface area contributed by atoms with E-state index in [1.807, 2.05) is 84.9 Å². The predicted octanol–water partition coefficient (Wildman–Crippen LogP) is 12.2. The summed E-state index contributed by atoms with van der Waals surface area (Å²) in [5.74, 6) is 1.83. The minimum atomic E-state index is 0.428. The maximum absolute atomic E-state index is 7.65. The maximum Gasteiger partial charge on any atom is 0.177 e. The van der Waals surface area contributed by atoms with Crippen LogP contribution in [0, 0.1) is 13.1 Å². The molecule has 0 aliphatic rings. The fraction of sp³-hybridized carbons (Fsp3) is 0. The lowest BCUT2D eigenvalue weighted by Gasteiger charge is -2.16. The highest BCUT2D eigenvalue weighted by Crippen LogP contribution is 2.43. The average Bonchev–Trinajstić information content (AvgIpc) is 3.23. The van der Waals surface area contributed by atoms with Gasteiger partial charge in [-0.05, 0) is 62.5 Å². The number of fused-ring (bicyclic) bond motifs is 5. The lowest BCUT2D eigenvalue weighted by Crippen LogP contribution is -2.00. The molecule has 0 aliphatic heterocycles. The molecule has 7 aromatic carbocycles. The van der Waals surface area contributed by atoms with Crippen LogP contribution in [0.5, 0.6) is 0 Å². The predicted molar refractivity (Wildman–Crippen MR) is 210 cm³/mol. The zero-order valence-electron chi connectivity index (χ0n) is 27.7. The molecule has 0 fully saturated rings. The number of rotatable bonds is 5. The summed E-state index contributed by atoms with van der Waals surface area (Å²) in [7, 11) is 0. The van der Waals surface area contributed by atoms with Crippen molar-refractivity contribution in [1.82, 2.24) is 19.9 Å². The van der Waals surface area contributed by atoms with Gasteiger partial charge in [-0.15, -0.1) is 0 Å². The zero-order chi connectivity index (χ0) is 35.0. The lowest BCUT2D eigenvalue weighted by molar-refractivity contribution is 1.07. The van der Waals surface area contributed by atoms with Crippen molar-refractivity contribution in [1.29, 1.82) is 0 Å². The van der Waals surface area contributed by atoms with E-state index in [0.717, 1.165) is 71.4 Å². The second-order valence-corrected chi connectivity index (χ2v) is 12.5. The number of hydrogen-bond donors (Lipinski definition) is 0. The molecular formula is C46H26N6. The van der Waals surface area contributed by atoms with Gasteiger partial charge in [0, 0.05) is 33.8 Å². The quantitative estimate of drug-likeness (QED) is 0.136. The minimum absolute atomic E-state index is 0.428. The highest BCUT2D eigenvalue weighted by molar-refractivity contribution is 6.23. The van der Waals surface area contributed by atoms with Gasteiger partial charge in [0.1, 0.15) is 0 Å². The molecule has 52 heavy (non-hydrogen) atoms. The molecule has 0 atom stereocenters. The summed E-state index contributed by atoms with van der Waals surface area (Å²) < 4.78 is 0. The van der Waals surface area contributed by atoms with Gasteiger partial charge in [-0.25, -0.2) is 24.6 Å². The van der Waals surface area contributed by atoms with Crippen LogP contribution in [0.25, 0.3) is 98.6 Å². The monoisotopic (exact) mass is 662 g/mol. The molecular weight excluding hydrogens is 637 g/mol. The van der Waals surface area contributed by atoms with Crippen LogP contribution < -0.4 is 0 Å². The third kappa shape index (κ3) is 5.38. The zero-order valence-corrected chi connectivity index (χ0v) is 27.7. The van der Waals surface area contributed by atoms with E-state index in [1.165, 1.54) is 0 Å². The first-order chi connectivity index (χ1) is 25.7. The summed E-state index contributed by atoms with van der Waals surface area (Å²) in [5.41, 5.74) is 8.20. The van der Waals surface area contributed by atoms with Crippen LogP contribution in [0.1, 0.15) is 0 Å². The average molecular weight is 663 g/mol. The van der Waals surface area contributed by atoms with Crippen LogP contribution in [0.15, 0.2) is 158 Å². The molecule has 9 aromatic rings. The largest absolute Gasteiger partial charge is 0.256 e. The fourth-order valence-electron chi connectivity index (χ4n) is 6.93. The van der Waals surface area contributed by atoms with E-state index in [9.17, 15) is 0 Å². The molecule has 0 aliphatic carbocycles. The Morgan fingerprint density at radius 3 is 1.54 bits per heavy atom. The van der Waals surface area contributed by atoms with Gasteiger partial charge in [-0.2, -0.15) is 0 Å². The molecule has 2 heterocycles. The van der Waals surface area contributed by atoms with E-state index in [1.54, 1.807) is 12.3 Å². The van der Waals surface area contributed by atoms with Gasteiger partial charge < -0.3 is 0 Å². The highest BCUT2D eigenvalue weighted by Gasteiger charge is 2.17. The number of benzene rings is 7. The Morgan fingerprint density at radius 2 is 0.885 bits per heavy atom. The van der Waals surface area contributed by atoms with Crippen molar-refractivity contribution in [3.05, 3.63) is 181 Å². The third-order valence-electron chi connectivity index (χ3n) is 9.33. The van der Waals surface area contributed by atoms with Gasteiger partial charge in [0.15, 0.2) is 28.8 Å². The van der Waals surface area contributed by atoms with Crippen LogP contribution in [-0.4, -0.2) is 19.9 Å². The first kappa shape index (κ1) is 30.5. The standard InChI is InChI=1S/C46H26N6/c1-47-34-24-33(25-35(26-34)48-2)40-28-41-37-20-10-9-19-36(37)39(27-42(41)38-21-12-22-49-43(38)40)31-17-11-18-32(23-31)46-51-44(29-13-5-3-6-14-29)50-45(52-46)30-15-7-4-8-16-30/h3-28H.